The number of nitrogen functional groups attached to an aromatic ring is 1. The molecule has 0 aliphatic heterocycles. The number of hydrogen-bond acceptors (Lipinski definition) is 3. The molecule has 2 aromatic rings. The highest BCUT2D eigenvalue weighted by atomic mass is 35.5. The smallest absolute Gasteiger partial charge is 0.234 e. The maximum Gasteiger partial charge on any atom is 0.234 e. The summed E-state index contributed by atoms with van der Waals surface area (Å²) in [4.78, 5) is 8.18. The zero-order valence-electron chi connectivity index (χ0n) is 6.56. The minimum atomic E-state index is 0. The topological polar surface area (TPSA) is 56.2 Å². The second kappa shape index (κ2) is 2.98. The van der Waals surface area contributed by atoms with E-state index < -0.39 is 0 Å². The SMILES string of the molecule is Cc1cn2cc(N)cnc2n1.Cl. The van der Waals surface area contributed by atoms with E-state index in [0.29, 0.717) is 11.5 Å². The molecule has 0 atom stereocenters. The lowest BCUT2D eigenvalue weighted by molar-refractivity contribution is 1.11. The monoisotopic (exact) mass is 184 g/mol. The Morgan fingerprint density at radius 1 is 1.42 bits per heavy atom. The molecule has 0 saturated heterocycles. The molecule has 0 unspecified atom stereocenters. The van der Waals surface area contributed by atoms with Gasteiger partial charge >= 0.3 is 0 Å². The number of aromatic nitrogens is 3. The van der Waals surface area contributed by atoms with Crippen molar-refractivity contribution in [2.75, 3.05) is 5.73 Å². The number of imidazole rings is 1. The van der Waals surface area contributed by atoms with Gasteiger partial charge in [0.15, 0.2) is 0 Å². The summed E-state index contributed by atoms with van der Waals surface area (Å²) >= 11 is 0. The maximum absolute atomic E-state index is 5.52. The number of fused-ring (bicyclic) bond motifs is 1. The third-order valence-corrected chi connectivity index (χ3v) is 1.45. The van der Waals surface area contributed by atoms with Crippen LogP contribution in [0.2, 0.25) is 0 Å². The number of rotatable bonds is 0. The molecule has 0 aromatic carbocycles. The van der Waals surface area contributed by atoms with E-state index in [4.69, 9.17) is 5.73 Å². The van der Waals surface area contributed by atoms with E-state index in [1.807, 2.05) is 17.5 Å². The third-order valence-electron chi connectivity index (χ3n) is 1.45. The second-order valence-corrected chi connectivity index (χ2v) is 2.48. The molecule has 0 amide bonds. The highest BCUT2D eigenvalue weighted by Gasteiger charge is 1.96. The number of anilines is 1. The van der Waals surface area contributed by atoms with Gasteiger partial charge in [-0.2, -0.15) is 0 Å². The van der Waals surface area contributed by atoms with Crippen LogP contribution in [0, 0.1) is 6.92 Å². The first-order valence-electron chi connectivity index (χ1n) is 3.32. The van der Waals surface area contributed by atoms with Gasteiger partial charge in [-0.05, 0) is 6.92 Å². The molecule has 64 valence electrons. The molecule has 4 nitrogen and oxygen atoms in total. The Morgan fingerprint density at radius 3 is 2.92 bits per heavy atom. The Kier molecular flexibility index (Phi) is 2.19. The predicted molar refractivity (Wildman–Crippen MR) is 49.4 cm³/mol. The summed E-state index contributed by atoms with van der Waals surface area (Å²) in [5.74, 6) is 0.691. The second-order valence-electron chi connectivity index (χ2n) is 2.48. The van der Waals surface area contributed by atoms with Gasteiger partial charge in [-0.3, -0.25) is 4.40 Å². The quantitative estimate of drug-likeness (QED) is 0.666. The lowest BCUT2D eigenvalue weighted by Gasteiger charge is -1.92. The molecule has 2 N–H and O–H groups in total. The van der Waals surface area contributed by atoms with Crippen molar-refractivity contribution in [1.29, 1.82) is 0 Å². The molecule has 0 aliphatic carbocycles. The maximum atomic E-state index is 5.52. The molecule has 0 saturated carbocycles. The summed E-state index contributed by atoms with van der Waals surface area (Å²) < 4.78 is 1.81. The van der Waals surface area contributed by atoms with Crippen LogP contribution in [-0.2, 0) is 0 Å². The highest BCUT2D eigenvalue weighted by molar-refractivity contribution is 5.85. The van der Waals surface area contributed by atoms with Gasteiger partial charge < -0.3 is 5.73 Å². The van der Waals surface area contributed by atoms with E-state index in [1.54, 1.807) is 12.4 Å². The molecule has 2 heterocycles. The first-order chi connectivity index (χ1) is 5.25. The number of hydrogen-bond donors (Lipinski definition) is 1. The molecule has 0 aliphatic rings. The molecular formula is C7H9ClN4. The molecule has 0 spiro atoms. The number of halogens is 1. The fourth-order valence-corrected chi connectivity index (χ4v) is 1.02. The van der Waals surface area contributed by atoms with Gasteiger partial charge in [-0.1, -0.05) is 0 Å². The van der Waals surface area contributed by atoms with Crippen molar-refractivity contribution in [3.63, 3.8) is 0 Å². The van der Waals surface area contributed by atoms with E-state index in [2.05, 4.69) is 9.97 Å². The van der Waals surface area contributed by atoms with Crippen molar-refractivity contribution in [2.24, 2.45) is 0 Å². The number of aryl methyl sites for hydroxylation is 1. The molecule has 0 fully saturated rings. The minimum absolute atomic E-state index is 0. The number of nitrogens with zero attached hydrogens (tertiary/aromatic N) is 3. The minimum Gasteiger partial charge on any atom is -0.396 e. The molecule has 0 bridgehead atoms. The Bertz CT molecular complexity index is 395. The Morgan fingerprint density at radius 2 is 2.17 bits per heavy atom. The van der Waals surface area contributed by atoms with Crippen molar-refractivity contribution < 1.29 is 0 Å². The molecule has 12 heavy (non-hydrogen) atoms. The molecule has 2 rings (SSSR count). The highest BCUT2D eigenvalue weighted by Crippen LogP contribution is 2.03. The van der Waals surface area contributed by atoms with Gasteiger partial charge in [0, 0.05) is 12.4 Å². The van der Waals surface area contributed by atoms with Crippen LogP contribution in [0.3, 0.4) is 0 Å². The largest absolute Gasteiger partial charge is 0.396 e. The first-order valence-corrected chi connectivity index (χ1v) is 3.32. The fraction of sp³-hybridized carbons (Fsp3) is 0.143. The van der Waals surface area contributed by atoms with Crippen LogP contribution >= 0.6 is 12.4 Å². The van der Waals surface area contributed by atoms with Crippen LogP contribution in [-0.4, -0.2) is 14.4 Å². The van der Waals surface area contributed by atoms with E-state index in [9.17, 15) is 0 Å². The zero-order valence-corrected chi connectivity index (χ0v) is 7.38. The van der Waals surface area contributed by atoms with Crippen LogP contribution in [0.5, 0.6) is 0 Å². The normalized spacial score (nSPS) is 9.75. The number of nitrogens with two attached hydrogens (primary N) is 1. The summed E-state index contributed by atoms with van der Waals surface area (Å²) in [7, 11) is 0. The molecule has 2 aromatic heterocycles. The Hall–Kier alpha value is -1.29. The molecular weight excluding hydrogens is 176 g/mol. The average Bonchev–Trinajstić information content (AvgIpc) is 2.27. The van der Waals surface area contributed by atoms with Crippen molar-refractivity contribution >= 4 is 23.9 Å². The van der Waals surface area contributed by atoms with Gasteiger partial charge in [0.25, 0.3) is 0 Å². The van der Waals surface area contributed by atoms with Crippen LogP contribution in [0.4, 0.5) is 5.69 Å². The van der Waals surface area contributed by atoms with Crippen molar-refractivity contribution in [1.82, 2.24) is 14.4 Å². The summed E-state index contributed by atoms with van der Waals surface area (Å²) in [5, 5.41) is 0. The van der Waals surface area contributed by atoms with Crippen LogP contribution in [0.25, 0.3) is 5.78 Å². The predicted octanol–water partition coefficient (Wildman–Crippen LogP) is 1.04. The summed E-state index contributed by atoms with van der Waals surface area (Å²) in [6.07, 6.45) is 5.28. The summed E-state index contributed by atoms with van der Waals surface area (Å²) in [6, 6.07) is 0. The molecule has 0 radical (unpaired) electrons. The van der Waals surface area contributed by atoms with Gasteiger partial charge in [-0.25, -0.2) is 9.97 Å². The van der Waals surface area contributed by atoms with Crippen molar-refractivity contribution in [3.05, 3.63) is 24.3 Å². The van der Waals surface area contributed by atoms with E-state index >= 15 is 0 Å². The average molecular weight is 185 g/mol. The van der Waals surface area contributed by atoms with E-state index in [1.165, 1.54) is 0 Å². The van der Waals surface area contributed by atoms with Crippen LogP contribution < -0.4 is 5.73 Å². The van der Waals surface area contributed by atoms with Gasteiger partial charge in [0.05, 0.1) is 17.6 Å². The van der Waals surface area contributed by atoms with Crippen LogP contribution in [0.15, 0.2) is 18.6 Å². The Balaban J connectivity index is 0.000000720. The van der Waals surface area contributed by atoms with Crippen molar-refractivity contribution in [3.8, 4) is 0 Å². The molecule has 5 heteroatoms. The van der Waals surface area contributed by atoms with Gasteiger partial charge in [0.2, 0.25) is 5.78 Å². The third kappa shape index (κ3) is 1.33. The van der Waals surface area contributed by atoms with Crippen LogP contribution in [0.1, 0.15) is 5.69 Å². The Labute approximate surface area is 75.8 Å². The zero-order chi connectivity index (χ0) is 7.84. The fourth-order valence-electron chi connectivity index (χ4n) is 1.02. The standard InChI is InChI=1S/C7H8N4.ClH/c1-5-3-11-4-6(8)2-9-7(11)10-5;/h2-4H,8H2,1H3;1H. The van der Waals surface area contributed by atoms with Gasteiger partial charge in [-0.15, -0.1) is 12.4 Å². The van der Waals surface area contributed by atoms with E-state index in [0.717, 1.165) is 5.69 Å². The van der Waals surface area contributed by atoms with Crippen molar-refractivity contribution in [2.45, 2.75) is 6.92 Å². The lowest BCUT2D eigenvalue weighted by Crippen LogP contribution is -1.91. The first kappa shape index (κ1) is 8.80. The lowest BCUT2D eigenvalue weighted by atomic mass is 10.5. The van der Waals surface area contributed by atoms with E-state index in [-0.39, 0.29) is 12.4 Å². The van der Waals surface area contributed by atoms with Gasteiger partial charge in [0.1, 0.15) is 0 Å². The summed E-state index contributed by atoms with van der Waals surface area (Å²) in [6.45, 7) is 1.92. The summed E-state index contributed by atoms with van der Waals surface area (Å²) in [5.41, 5.74) is 7.12.